The van der Waals surface area contributed by atoms with E-state index in [-0.39, 0.29) is 24.0 Å². The molecule has 0 radical (unpaired) electrons. The minimum atomic E-state index is 0. The van der Waals surface area contributed by atoms with Crippen LogP contribution in [0.3, 0.4) is 0 Å². The van der Waals surface area contributed by atoms with Gasteiger partial charge in [0, 0.05) is 53.5 Å². The zero-order valence-electron chi connectivity index (χ0n) is 18.2. The predicted molar refractivity (Wildman–Crippen MR) is 132 cm³/mol. The average molecular weight is 514 g/mol. The summed E-state index contributed by atoms with van der Waals surface area (Å²) >= 11 is 0. The Morgan fingerprint density at radius 2 is 1.93 bits per heavy atom. The summed E-state index contributed by atoms with van der Waals surface area (Å²) in [6, 6.07) is 10.8. The number of guanidine groups is 1. The quantitative estimate of drug-likeness (QED) is 0.328. The van der Waals surface area contributed by atoms with Gasteiger partial charge in [-0.15, -0.1) is 24.0 Å². The van der Waals surface area contributed by atoms with Crippen molar-refractivity contribution in [1.82, 2.24) is 15.1 Å². The van der Waals surface area contributed by atoms with Gasteiger partial charge in [0.15, 0.2) is 5.96 Å². The Bertz CT molecular complexity index is 592. The fourth-order valence-electron chi connectivity index (χ4n) is 4.35. The number of hydrogen-bond donors (Lipinski definition) is 1. The van der Waals surface area contributed by atoms with Gasteiger partial charge in [0.25, 0.3) is 0 Å². The Hall–Kier alpha value is -0.860. The van der Waals surface area contributed by atoms with Crippen molar-refractivity contribution in [2.75, 3.05) is 60.0 Å². The number of halogens is 1. The summed E-state index contributed by atoms with van der Waals surface area (Å²) in [5, 5.41) is 3.62. The maximum Gasteiger partial charge on any atom is 0.193 e. The summed E-state index contributed by atoms with van der Waals surface area (Å²) in [4.78, 5) is 9.40. The molecule has 1 unspecified atom stereocenters. The van der Waals surface area contributed by atoms with Gasteiger partial charge in [-0.05, 0) is 56.0 Å². The minimum Gasteiger partial charge on any atom is -0.381 e. The van der Waals surface area contributed by atoms with E-state index in [1.54, 1.807) is 0 Å². The van der Waals surface area contributed by atoms with Gasteiger partial charge in [0.2, 0.25) is 0 Å². The van der Waals surface area contributed by atoms with Crippen LogP contribution in [-0.4, -0.2) is 75.8 Å². The first-order valence-electron chi connectivity index (χ1n) is 11.0. The summed E-state index contributed by atoms with van der Waals surface area (Å²) in [6.45, 7) is 7.54. The lowest BCUT2D eigenvalue weighted by atomic mass is 9.96. The van der Waals surface area contributed by atoms with Gasteiger partial charge in [-0.25, -0.2) is 0 Å². The molecule has 2 saturated heterocycles. The van der Waals surface area contributed by atoms with Crippen molar-refractivity contribution in [2.45, 2.75) is 32.1 Å². The standard InChI is InChI=1S/C23H38N4O.HI/c1-24-23(26(2)13-8-21-11-16-28-17-12-21)25-18-22-10-15-27(19-22)14-9-20-6-4-3-5-7-20;/h3-7,21-22H,8-19H2,1-2H3,(H,24,25);1H. The molecule has 1 atom stereocenters. The predicted octanol–water partition coefficient (Wildman–Crippen LogP) is 3.49. The highest BCUT2D eigenvalue weighted by Gasteiger charge is 2.23. The Morgan fingerprint density at radius 3 is 2.66 bits per heavy atom. The van der Waals surface area contributed by atoms with Crippen LogP contribution in [0.5, 0.6) is 0 Å². The van der Waals surface area contributed by atoms with E-state index in [1.165, 1.54) is 50.9 Å². The maximum atomic E-state index is 5.47. The van der Waals surface area contributed by atoms with Crippen molar-refractivity contribution in [1.29, 1.82) is 0 Å². The highest BCUT2D eigenvalue weighted by molar-refractivity contribution is 14.0. The molecule has 0 amide bonds. The highest BCUT2D eigenvalue weighted by Crippen LogP contribution is 2.19. The van der Waals surface area contributed by atoms with Crippen LogP contribution in [0, 0.1) is 11.8 Å². The zero-order valence-corrected chi connectivity index (χ0v) is 20.5. The Labute approximate surface area is 194 Å². The molecule has 164 valence electrons. The van der Waals surface area contributed by atoms with Crippen molar-refractivity contribution in [2.24, 2.45) is 16.8 Å². The molecular formula is C23H39IN4O. The second-order valence-electron chi connectivity index (χ2n) is 8.39. The van der Waals surface area contributed by atoms with Crippen LogP contribution in [0.2, 0.25) is 0 Å². The van der Waals surface area contributed by atoms with Crippen LogP contribution in [0.4, 0.5) is 0 Å². The summed E-state index contributed by atoms with van der Waals surface area (Å²) in [5.74, 6) is 2.56. The molecule has 1 aromatic carbocycles. The van der Waals surface area contributed by atoms with Crippen LogP contribution in [0.1, 0.15) is 31.2 Å². The third-order valence-electron chi connectivity index (χ3n) is 6.27. The zero-order chi connectivity index (χ0) is 19.6. The first-order valence-corrected chi connectivity index (χ1v) is 11.0. The first-order chi connectivity index (χ1) is 13.7. The number of benzene rings is 1. The van der Waals surface area contributed by atoms with E-state index in [1.807, 2.05) is 7.05 Å². The number of likely N-dealkylation sites (tertiary alicyclic amines) is 1. The van der Waals surface area contributed by atoms with Crippen LogP contribution in [-0.2, 0) is 11.2 Å². The van der Waals surface area contributed by atoms with Gasteiger partial charge >= 0.3 is 0 Å². The van der Waals surface area contributed by atoms with Crippen molar-refractivity contribution in [3.05, 3.63) is 35.9 Å². The molecule has 3 rings (SSSR count). The fourth-order valence-corrected chi connectivity index (χ4v) is 4.35. The van der Waals surface area contributed by atoms with Crippen LogP contribution in [0.15, 0.2) is 35.3 Å². The van der Waals surface area contributed by atoms with Gasteiger partial charge in [-0.1, -0.05) is 30.3 Å². The van der Waals surface area contributed by atoms with Gasteiger partial charge in [0.1, 0.15) is 0 Å². The number of ether oxygens (including phenoxy) is 1. The molecule has 1 N–H and O–H groups in total. The van der Waals surface area contributed by atoms with Gasteiger partial charge in [0.05, 0.1) is 0 Å². The molecule has 2 heterocycles. The SMILES string of the molecule is CN=C(NCC1CCN(CCc2ccccc2)C1)N(C)CCC1CCOCC1.I. The van der Waals surface area contributed by atoms with E-state index in [9.17, 15) is 0 Å². The normalized spacial score (nSPS) is 21.0. The molecule has 0 aromatic heterocycles. The molecule has 5 nitrogen and oxygen atoms in total. The average Bonchev–Trinajstić information content (AvgIpc) is 3.20. The molecule has 1 aromatic rings. The summed E-state index contributed by atoms with van der Waals surface area (Å²) in [6.07, 6.45) is 6.08. The Kier molecular flexibility index (Phi) is 11.3. The lowest BCUT2D eigenvalue weighted by Crippen LogP contribution is -2.42. The largest absolute Gasteiger partial charge is 0.381 e. The monoisotopic (exact) mass is 514 g/mol. The van der Waals surface area contributed by atoms with Gasteiger partial charge in [-0.2, -0.15) is 0 Å². The Morgan fingerprint density at radius 1 is 1.17 bits per heavy atom. The molecule has 2 fully saturated rings. The van der Waals surface area contributed by atoms with Crippen LogP contribution in [0.25, 0.3) is 0 Å². The molecule has 0 aliphatic carbocycles. The topological polar surface area (TPSA) is 40.1 Å². The van der Waals surface area contributed by atoms with Crippen molar-refractivity contribution < 1.29 is 4.74 Å². The van der Waals surface area contributed by atoms with E-state index in [4.69, 9.17) is 4.74 Å². The molecular weight excluding hydrogens is 475 g/mol. The molecule has 0 spiro atoms. The molecule has 29 heavy (non-hydrogen) atoms. The molecule has 0 saturated carbocycles. The van der Waals surface area contributed by atoms with Gasteiger partial charge < -0.3 is 19.9 Å². The number of hydrogen-bond acceptors (Lipinski definition) is 3. The van der Waals surface area contributed by atoms with Crippen molar-refractivity contribution in [3.8, 4) is 0 Å². The first kappa shape index (κ1) is 24.4. The van der Waals surface area contributed by atoms with E-state index < -0.39 is 0 Å². The third-order valence-corrected chi connectivity index (χ3v) is 6.27. The summed E-state index contributed by atoms with van der Waals surface area (Å²) in [5.41, 5.74) is 1.44. The second-order valence-corrected chi connectivity index (χ2v) is 8.39. The molecule has 0 bridgehead atoms. The molecule has 2 aliphatic heterocycles. The molecule has 2 aliphatic rings. The second kappa shape index (κ2) is 13.4. The van der Waals surface area contributed by atoms with E-state index >= 15 is 0 Å². The number of aliphatic imine (C=N–C) groups is 1. The van der Waals surface area contributed by atoms with Crippen molar-refractivity contribution in [3.63, 3.8) is 0 Å². The van der Waals surface area contributed by atoms with Crippen molar-refractivity contribution >= 4 is 29.9 Å². The van der Waals surface area contributed by atoms with E-state index in [0.717, 1.165) is 50.5 Å². The highest BCUT2D eigenvalue weighted by atomic mass is 127. The van der Waals surface area contributed by atoms with E-state index in [2.05, 4.69) is 57.5 Å². The van der Waals surface area contributed by atoms with E-state index in [0.29, 0.717) is 0 Å². The Balaban J connectivity index is 0.00000300. The van der Waals surface area contributed by atoms with Gasteiger partial charge in [-0.3, -0.25) is 4.99 Å². The number of nitrogens with zero attached hydrogens (tertiary/aromatic N) is 3. The lowest BCUT2D eigenvalue weighted by Gasteiger charge is -2.27. The van der Waals surface area contributed by atoms with Crippen LogP contribution < -0.4 is 5.32 Å². The van der Waals surface area contributed by atoms with Crippen LogP contribution >= 0.6 is 24.0 Å². The third kappa shape index (κ3) is 8.42. The minimum absolute atomic E-state index is 0. The smallest absolute Gasteiger partial charge is 0.193 e. The maximum absolute atomic E-state index is 5.47. The molecule has 6 heteroatoms. The number of nitrogens with one attached hydrogen (secondary N) is 1. The summed E-state index contributed by atoms with van der Waals surface area (Å²) in [7, 11) is 4.06. The summed E-state index contributed by atoms with van der Waals surface area (Å²) < 4.78 is 5.47. The fraction of sp³-hybridized carbons (Fsp3) is 0.696. The number of rotatable bonds is 8. The lowest BCUT2D eigenvalue weighted by molar-refractivity contribution is 0.0625.